The third-order valence-corrected chi connectivity index (χ3v) is 4.40. The van der Waals surface area contributed by atoms with Crippen LogP contribution < -0.4 is 10.1 Å². The van der Waals surface area contributed by atoms with E-state index >= 15 is 0 Å². The van der Waals surface area contributed by atoms with Crippen LogP contribution >= 0.6 is 0 Å². The first-order valence-corrected chi connectivity index (χ1v) is 8.72. The number of amides is 1. The minimum atomic E-state index is -0.215. The van der Waals surface area contributed by atoms with Crippen molar-refractivity contribution in [2.45, 2.75) is 32.9 Å². The number of benzene rings is 2. The van der Waals surface area contributed by atoms with Crippen molar-refractivity contribution in [2.75, 3.05) is 20.2 Å². The van der Waals surface area contributed by atoms with Crippen LogP contribution in [-0.2, 0) is 4.79 Å². The smallest absolute Gasteiger partial charge is 0.237 e. The monoisotopic (exact) mass is 340 g/mol. The highest BCUT2D eigenvalue weighted by Crippen LogP contribution is 2.13. The Hall–Kier alpha value is -2.33. The summed E-state index contributed by atoms with van der Waals surface area (Å²) in [6, 6.07) is 17.7. The Morgan fingerprint density at radius 3 is 2.52 bits per heavy atom. The van der Waals surface area contributed by atoms with E-state index in [2.05, 4.69) is 5.32 Å². The first-order chi connectivity index (χ1) is 12.0. The van der Waals surface area contributed by atoms with Gasteiger partial charge >= 0.3 is 0 Å². The number of nitrogens with one attached hydrogen (secondary N) is 1. The van der Waals surface area contributed by atoms with Gasteiger partial charge in [-0.3, -0.25) is 9.69 Å². The standard InChI is InChI=1S/C21H28N2O2/c1-16-9-8-12-20(15-16)25-14-13-23(4)18(3)21(24)22-17(2)19-10-6-5-7-11-19/h5-12,15,17-18H,13-14H2,1-4H3,(H,22,24). The van der Waals surface area contributed by atoms with E-state index in [0.29, 0.717) is 13.2 Å². The first-order valence-electron chi connectivity index (χ1n) is 8.72. The summed E-state index contributed by atoms with van der Waals surface area (Å²) in [6.07, 6.45) is 0. The number of carbonyl (C=O) groups excluding carboxylic acids is 1. The third kappa shape index (κ3) is 5.91. The van der Waals surface area contributed by atoms with E-state index in [4.69, 9.17) is 4.74 Å². The van der Waals surface area contributed by atoms with Crippen LogP contribution in [0.4, 0.5) is 0 Å². The average molecular weight is 340 g/mol. The van der Waals surface area contributed by atoms with Gasteiger partial charge in [0.25, 0.3) is 0 Å². The number of hydrogen-bond donors (Lipinski definition) is 1. The molecule has 0 fully saturated rings. The van der Waals surface area contributed by atoms with Gasteiger partial charge in [-0.1, -0.05) is 42.5 Å². The van der Waals surface area contributed by atoms with Crippen LogP contribution in [0.3, 0.4) is 0 Å². The molecule has 4 heteroatoms. The maximum Gasteiger partial charge on any atom is 0.237 e. The van der Waals surface area contributed by atoms with Gasteiger partial charge in [0.1, 0.15) is 12.4 Å². The lowest BCUT2D eigenvalue weighted by Gasteiger charge is -2.25. The number of likely N-dealkylation sites (N-methyl/N-ethyl adjacent to an activating group) is 1. The molecule has 0 aliphatic heterocycles. The number of hydrogen-bond acceptors (Lipinski definition) is 3. The lowest BCUT2D eigenvalue weighted by Crippen LogP contribution is -2.45. The molecule has 2 aromatic rings. The van der Waals surface area contributed by atoms with Crippen LogP contribution in [-0.4, -0.2) is 37.0 Å². The maximum atomic E-state index is 12.5. The number of carbonyl (C=O) groups is 1. The highest BCUT2D eigenvalue weighted by atomic mass is 16.5. The van der Waals surface area contributed by atoms with Crippen molar-refractivity contribution in [3.8, 4) is 5.75 Å². The largest absolute Gasteiger partial charge is 0.492 e. The molecule has 2 unspecified atom stereocenters. The van der Waals surface area contributed by atoms with E-state index in [9.17, 15) is 4.79 Å². The third-order valence-electron chi connectivity index (χ3n) is 4.40. The second-order valence-corrected chi connectivity index (χ2v) is 6.46. The lowest BCUT2D eigenvalue weighted by atomic mass is 10.1. The van der Waals surface area contributed by atoms with Gasteiger partial charge in [-0.2, -0.15) is 0 Å². The van der Waals surface area contributed by atoms with E-state index in [0.717, 1.165) is 11.3 Å². The molecule has 2 atom stereocenters. The van der Waals surface area contributed by atoms with Crippen LogP contribution in [0.5, 0.6) is 5.75 Å². The quantitative estimate of drug-likeness (QED) is 0.799. The van der Waals surface area contributed by atoms with Crippen molar-refractivity contribution < 1.29 is 9.53 Å². The summed E-state index contributed by atoms with van der Waals surface area (Å²) in [5, 5.41) is 3.07. The molecule has 0 saturated heterocycles. The molecule has 0 radical (unpaired) electrons. The molecule has 25 heavy (non-hydrogen) atoms. The molecule has 1 N–H and O–H groups in total. The van der Waals surface area contributed by atoms with Crippen LogP contribution in [0.1, 0.15) is 31.0 Å². The maximum absolute atomic E-state index is 12.5. The molecular weight excluding hydrogens is 312 g/mol. The zero-order valence-corrected chi connectivity index (χ0v) is 15.5. The van der Waals surface area contributed by atoms with Gasteiger partial charge in [-0.15, -0.1) is 0 Å². The molecule has 0 heterocycles. The fraction of sp³-hybridized carbons (Fsp3) is 0.381. The van der Waals surface area contributed by atoms with Crippen LogP contribution in [0.2, 0.25) is 0 Å². The van der Waals surface area contributed by atoms with Crippen molar-refractivity contribution in [1.29, 1.82) is 0 Å². The Morgan fingerprint density at radius 1 is 1.12 bits per heavy atom. The topological polar surface area (TPSA) is 41.6 Å². The minimum Gasteiger partial charge on any atom is -0.492 e. The van der Waals surface area contributed by atoms with Gasteiger partial charge in [-0.05, 0) is 51.1 Å². The summed E-state index contributed by atoms with van der Waals surface area (Å²) in [5.41, 5.74) is 2.28. The lowest BCUT2D eigenvalue weighted by molar-refractivity contribution is -0.126. The molecule has 0 aliphatic carbocycles. The van der Waals surface area contributed by atoms with Crippen LogP contribution in [0.25, 0.3) is 0 Å². The second kappa shape index (κ2) is 9.23. The Bertz CT molecular complexity index is 673. The predicted octanol–water partition coefficient (Wildman–Crippen LogP) is 3.57. The summed E-state index contributed by atoms with van der Waals surface area (Å²) in [7, 11) is 1.94. The summed E-state index contributed by atoms with van der Waals surface area (Å²) in [5.74, 6) is 0.887. The minimum absolute atomic E-state index is 0.00639. The Labute approximate surface area is 150 Å². The summed E-state index contributed by atoms with van der Waals surface area (Å²) < 4.78 is 5.76. The van der Waals surface area contributed by atoms with Gasteiger partial charge < -0.3 is 10.1 Å². The predicted molar refractivity (Wildman–Crippen MR) is 102 cm³/mol. The van der Waals surface area contributed by atoms with Crippen molar-refractivity contribution in [2.24, 2.45) is 0 Å². The van der Waals surface area contributed by atoms with Crippen molar-refractivity contribution in [3.63, 3.8) is 0 Å². The molecule has 4 nitrogen and oxygen atoms in total. The zero-order valence-electron chi connectivity index (χ0n) is 15.5. The Balaban J connectivity index is 1.78. The summed E-state index contributed by atoms with van der Waals surface area (Å²) >= 11 is 0. The number of ether oxygens (including phenoxy) is 1. The molecule has 0 saturated carbocycles. The number of nitrogens with zero attached hydrogens (tertiary/aromatic N) is 1. The fourth-order valence-electron chi connectivity index (χ4n) is 2.57. The van der Waals surface area contributed by atoms with E-state index in [1.54, 1.807) is 0 Å². The van der Waals surface area contributed by atoms with Gasteiger partial charge in [0.15, 0.2) is 0 Å². The van der Waals surface area contributed by atoms with Crippen LogP contribution in [0, 0.1) is 6.92 Å². The van der Waals surface area contributed by atoms with E-state index < -0.39 is 0 Å². The highest BCUT2D eigenvalue weighted by molar-refractivity contribution is 5.81. The zero-order chi connectivity index (χ0) is 18.2. The van der Waals surface area contributed by atoms with E-state index in [1.807, 2.05) is 87.3 Å². The summed E-state index contributed by atoms with van der Waals surface area (Å²) in [4.78, 5) is 14.5. The van der Waals surface area contributed by atoms with E-state index in [1.165, 1.54) is 5.56 Å². The molecule has 134 valence electrons. The van der Waals surface area contributed by atoms with Crippen molar-refractivity contribution >= 4 is 5.91 Å². The van der Waals surface area contributed by atoms with Gasteiger partial charge in [-0.25, -0.2) is 0 Å². The molecule has 0 bridgehead atoms. The SMILES string of the molecule is Cc1cccc(OCCN(C)C(C)C(=O)NC(C)c2ccccc2)c1. The van der Waals surface area contributed by atoms with Crippen molar-refractivity contribution in [1.82, 2.24) is 10.2 Å². The normalized spacial score (nSPS) is 13.3. The summed E-state index contributed by atoms with van der Waals surface area (Å²) in [6.45, 7) is 7.19. The molecule has 2 aromatic carbocycles. The Kier molecular flexibility index (Phi) is 7.02. The van der Waals surface area contributed by atoms with Gasteiger partial charge in [0.05, 0.1) is 12.1 Å². The number of rotatable bonds is 8. The van der Waals surface area contributed by atoms with Crippen LogP contribution in [0.15, 0.2) is 54.6 Å². The first kappa shape index (κ1) is 19.0. The Morgan fingerprint density at radius 2 is 1.84 bits per heavy atom. The molecular formula is C21H28N2O2. The van der Waals surface area contributed by atoms with Gasteiger partial charge in [0, 0.05) is 6.54 Å². The fourth-order valence-corrected chi connectivity index (χ4v) is 2.57. The molecule has 0 aliphatic rings. The highest BCUT2D eigenvalue weighted by Gasteiger charge is 2.19. The average Bonchev–Trinajstić information content (AvgIpc) is 2.61. The number of aryl methyl sites for hydroxylation is 1. The molecule has 1 amide bonds. The molecule has 0 spiro atoms. The second-order valence-electron chi connectivity index (χ2n) is 6.46. The van der Waals surface area contributed by atoms with E-state index in [-0.39, 0.29) is 18.0 Å². The molecule has 0 aromatic heterocycles. The molecule has 2 rings (SSSR count). The van der Waals surface area contributed by atoms with Crippen molar-refractivity contribution in [3.05, 3.63) is 65.7 Å². The van der Waals surface area contributed by atoms with Gasteiger partial charge in [0.2, 0.25) is 5.91 Å².